The molecule has 0 aliphatic carbocycles. The third-order valence-corrected chi connectivity index (χ3v) is 3.59. The molecule has 0 aliphatic rings. The van der Waals surface area contributed by atoms with Gasteiger partial charge in [0.25, 0.3) is 5.91 Å². The molecule has 2 aromatic rings. The zero-order valence-electron chi connectivity index (χ0n) is 16.3. The van der Waals surface area contributed by atoms with Gasteiger partial charge in [-0.25, -0.2) is 0 Å². The van der Waals surface area contributed by atoms with Gasteiger partial charge in [0, 0.05) is 11.3 Å². The largest absolute Gasteiger partial charge is 0.494 e. The summed E-state index contributed by atoms with van der Waals surface area (Å²) in [5, 5.41) is 2.87. The van der Waals surface area contributed by atoms with E-state index >= 15 is 0 Å². The standard InChI is InChI=1S/C21H27NO5/c1-5-24-17-11-9-16(10-12-17)22-21(23)15-13-18(25-6-2)20(27-8-4)19(14-15)26-7-3/h9-14H,5-8H2,1-4H3,(H,22,23). The third-order valence-electron chi connectivity index (χ3n) is 3.59. The highest BCUT2D eigenvalue weighted by molar-refractivity contribution is 6.05. The van der Waals surface area contributed by atoms with Gasteiger partial charge in [0.2, 0.25) is 5.75 Å². The summed E-state index contributed by atoms with van der Waals surface area (Å²) in [7, 11) is 0. The normalized spacial score (nSPS) is 10.2. The molecule has 1 N–H and O–H groups in total. The minimum absolute atomic E-state index is 0.260. The van der Waals surface area contributed by atoms with Crippen LogP contribution in [0.5, 0.6) is 23.0 Å². The van der Waals surface area contributed by atoms with Gasteiger partial charge in [0.15, 0.2) is 11.5 Å². The van der Waals surface area contributed by atoms with E-state index in [4.69, 9.17) is 18.9 Å². The zero-order valence-corrected chi connectivity index (χ0v) is 16.3. The first-order chi connectivity index (χ1) is 13.1. The Hall–Kier alpha value is -2.89. The number of carbonyl (C=O) groups is 1. The minimum atomic E-state index is -0.260. The predicted molar refractivity (Wildman–Crippen MR) is 106 cm³/mol. The Morgan fingerprint density at radius 1 is 0.778 bits per heavy atom. The van der Waals surface area contributed by atoms with Crippen molar-refractivity contribution in [3.05, 3.63) is 42.0 Å². The molecule has 2 aromatic carbocycles. The molecule has 0 aromatic heterocycles. The van der Waals surface area contributed by atoms with Crippen LogP contribution in [0.2, 0.25) is 0 Å². The summed E-state index contributed by atoms with van der Waals surface area (Å²) in [6.07, 6.45) is 0. The fourth-order valence-electron chi connectivity index (χ4n) is 2.52. The van der Waals surface area contributed by atoms with E-state index in [0.717, 1.165) is 5.75 Å². The Labute approximate surface area is 160 Å². The number of nitrogens with one attached hydrogen (secondary N) is 1. The second-order valence-corrected chi connectivity index (χ2v) is 5.51. The predicted octanol–water partition coefficient (Wildman–Crippen LogP) is 4.53. The van der Waals surface area contributed by atoms with Crippen molar-refractivity contribution in [2.75, 3.05) is 31.7 Å². The maximum atomic E-state index is 12.7. The molecule has 146 valence electrons. The number of hydrogen-bond donors (Lipinski definition) is 1. The van der Waals surface area contributed by atoms with Crippen LogP contribution in [-0.2, 0) is 0 Å². The lowest BCUT2D eigenvalue weighted by molar-refractivity contribution is 0.102. The Morgan fingerprint density at radius 3 is 1.78 bits per heavy atom. The second-order valence-electron chi connectivity index (χ2n) is 5.51. The molecule has 6 nitrogen and oxygen atoms in total. The molecule has 0 heterocycles. The number of ether oxygens (including phenoxy) is 4. The summed E-state index contributed by atoms with van der Waals surface area (Å²) in [6, 6.07) is 10.6. The van der Waals surface area contributed by atoms with Gasteiger partial charge in [-0.05, 0) is 64.1 Å². The fourth-order valence-corrected chi connectivity index (χ4v) is 2.52. The van der Waals surface area contributed by atoms with E-state index in [0.29, 0.717) is 54.9 Å². The lowest BCUT2D eigenvalue weighted by atomic mass is 10.1. The molecule has 2 rings (SSSR count). The van der Waals surface area contributed by atoms with Gasteiger partial charge >= 0.3 is 0 Å². The molecule has 0 saturated carbocycles. The molecule has 0 atom stereocenters. The minimum Gasteiger partial charge on any atom is -0.494 e. The quantitative estimate of drug-likeness (QED) is 0.663. The molecule has 0 radical (unpaired) electrons. The van der Waals surface area contributed by atoms with E-state index in [-0.39, 0.29) is 5.91 Å². The number of amides is 1. The molecular formula is C21H27NO5. The molecule has 27 heavy (non-hydrogen) atoms. The molecule has 0 saturated heterocycles. The molecule has 1 amide bonds. The molecule has 0 bridgehead atoms. The van der Waals surface area contributed by atoms with E-state index in [1.54, 1.807) is 24.3 Å². The zero-order chi connectivity index (χ0) is 19.6. The van der Waals surface area contributed by atoms with Crippen molar-refractivity contribution in [1.29, 1.82) is 0 Å². The summed E-state index contributed by atoms with van der Waals surface area (Å²) in [4.78, 5) is 12.7. The highest BCUT2D eigenvalue weighted by Crippen LogP contribution is 2.39. The summed E-state index contributed by atoms with van der Waals surface area (Å²) in [6.45, 7) is 9.54. The highest BCUT2D eigenvalue weighted by atomic mass is 16.5. The van der Waals surface area contributed by atoms with Crippen LogP contribution in [0, 0.1) is 0 Å². The first-order valence-electron chi connectivity index (χ1n) is 9.23. The van der Waals surface area contributed by atoms with Crippen molar-refractivity contribution in [1.82, 2.24) is 0 Å². The Balaban J connectivity index is 2.28. The van der Waals surface area contributed by atoms with Gasteiger partial charge in [-0.15, -0.1) is 0 Å². The SMILES string of the molecule is CCOc1ccc(NC(=O)c2cc(OCC)c(OCC)c(OCC)c2)cc1. The topological polar surface area (TPSA) is 66.0 Å². The van der Waals surface area contributed by atoms with E-state index < -0.39 is 0 Å². The summed E-state index contributed by atoms with van der Waals surface area (Å²) < 4.78 is 22.4. The summed E-state index contributed by atoms with van der Waals surface area (Å²) in [5.74, 6) is 1.99. The third kappa shape index (κ3) is 5.54. The van der Waals surface area contributed by atoms with Gasteiger partial charge < -0.3 is 24.3 Å². The smallest absolute Gasteiger partial charge is 0.255 e. The number of hydrogen-bond acceptors (Lipinski definition) is 5. The van der Waals surface area contributed by atoms with Gasteiger partial charge in [0.05, 0.1) is 26.4 Å². The lowest BCUT2D eigenvalue weighted by Gasteiger charge is -2.17. The van der Waals surface area contributed by atoms with Crippen molar-refractivity contribution in [3.8, 4) is 23.0 Å². The van der Waals surface area contributed by atoms with Gasteiger partial charge in [-0.1, -0.05) is 0 Å². The van der Waals surface area contributed by atoms with Crippen molar-refractivity contribution in [3.63, 3.8) is 0 Å². The maximum absolute atomic E-state index is 12.7. The molecule has 0 unspecified atom stereocenters. The first kappa shape index (κ1) is 20.4. The van der Waals surface area contributed by atoms with Crippen molar-refractivity contribution in [2.24, 2.45) is 0 Å². The lowest BCUT2D eigenvalue weighted by Crippen LogP contribution is -2.13. The van der Waals surface area contributed by atoms with Crippen LogP contribution in [0.3, 0.4) is 0 Å². The van der Waals surface area contributed by atoms with Gasteiger partial charge in [-0.3, -0.25) is 4.79 Å². The van der Waals surface area contributed by atoms with Gasteiger partial charge in [0.1, 0.15) is 5.75 Å². The van der Waals surface area contributed by atoms with Gasteiger partial charge in [-0.2, -0.15) is 0 Å². The number of carbonyl (C=O) groups excluding carboxylic acids is 1. The summed E-state index contributed by atoms with van der Waals surface area (Å²) in [5.41, 5.74) is 1.10. The van der Waals surface area contributed by atoms with Crippen LogP contribution in [0.4, 0.5) is 5.69 Å². The van der Waals surface area contributed by atoms with Crippen LogP contribution in [0.25, 0.3) is 0 Å². The van der Waals surface area contributed by atoms with Crippen molar-refractivity contribution < 1.29 is 23.7 Å². The fraction of sp³-hybridized carbons (Fsp3) is 0.381. The Kier molecular flexibility index (Phi) is 7.79. The monoisotopic (exact) mass is 373 g/mol. The molecule has 0 fully saturated rings. The molecule has 0 spiro atoms. The van der Waals surface area contributed by atoms with Crippen LogP contribution in [-0.4, -0.2) is 32.3 Å². The average molecular weight is 373 g/mol. The molecular weight excluding hydrogens is 346 g/mol. The van der Waals surface area contributed by atoms with E-state index in [1.165, 1.54) is 0 Å². The van der Waals surface area contributed by atoms with Crippen LogP contribution >= 0.6 is 0 Å². The van der Waals surface area contributed by atoms with E-state index in [9.17, 15) is 4.79 Å². The second kappa shape index (κ2) is 10.3. The molecule has 0 aliphatic heterocycles. The van der Waals surface area contributed by atoms with E-state index in [2.05, 4.69) is 5.32 Å². The Bertz CT molecular complexity index is 716. The van der Waals surface area contributed by atoms with Crippen LogP contribution < -0.4 is 24.3 Å². The van der Waals surface area contributed by atoms with Crippen LogP contribution in [0.1, 0.15) is 38.1 Å². The number of rotatable bonds is 10. The average Bonchev–Trinajstić information content (AvgIpc) is 2.66. The highest BCUT2D eigenvalue weighted by Gasteiger charge is 2.18. The Morgan fingerprint density at radius 2 is 1.30 bits per heavy atom. The van der Waals surface area contributed by atoms with Crippen molar-refractivity contribution in [2.45, 2.75) is 27.7 Å². The number of anilines is 1. The number of benzene rings is 2. The molecule has 6 heteroatoms. The maximum Gasteiger partial charge on any atom is 0.255 e. The van der Waals surface area contributed by atoms with Crippen LogP contribution in [0.15, 0.2) is 36.4 Å². The van der Waals surface area contributed by atoms with E-state index in [1.807, 2.05) is 39.8 Å². The first-order valence-corrected chi connectivity index (χ1v) is 9.23. The summed E-state index contributed by atoms with van der Waals surface area (Å²) >= 11 is 0. The van der Waals surface area contributed by atoms with Crippen molar-refractivity contribution >= 4 is 11.6 Å².